The van der Waals surface area contributed by atoms with Gasteiger partial charge in [-0.3, -0.25) is 4.79 Å². The fraction of sp³-hybridized carbons (Fsp3) is 0.231. The van der Waals surface area contributed by atoms with Gasteiger partial charge in [0.05, 0.1) is 12.2 Å². The van der Waals surface area contributed by atoms with Crippen LogP contribution in [0.4, 0.5) is 0 Å². The number of fused-ring (bicyclic) bond motifs is 1. The Balaban J connectivity index is 2.00. The van der Waals surface area contributed by atoms with Gasteiger partial charge in [0.2, 0.25) is 0 Å². The monoisotopic (exact) mass is 418 g/mol. The Labute approximate surface area is 137 Å². The number of carbonyl (C=O) groups is 2. The SMILES string of the molecule is O=C(O)COCCNC(=O)c1c[nH]c2cc(Br)c(Br)cc12. The highest BCUT2D eigenvalue weighted by molar-refractivity contribution is 9.13. The number of H-pyrrole nitrogens is 1. The van der Waals surface area contributed by atoms with E-state index in [1.165, 1.54) is 0 Å². The average molecular weight is 420 g/mol. The fourth-order valence-corrected chi connectivity index (χ4v) is 2.48. The van der Waals surface area contributed by atoms with Crippen molar-refractivity contribution in [2.45, 2.75) is 0 Å². The van der Waals surface area contributed by atoms with Crippen molar-refractivity contribution >= 4 is 54.6 Å². The Hall–Kier alpha value is -1.38. The molecule has 1 amide bonds. The van der Waals surface area contributed by atoms with E-state index in [1.54, 1.807) is 6.20 Å². The lowest BCUT2D eigenvalue weighted by molar-refractivity contribution is -0.142. The molecule has 3 N–H and O–H groups in total. The van der Waals surface area contributed by atoms with E-state index in [-0.39, 0.29) is 25.7 Å². The van der Waals surface area contributed by atoms with E-state index < -0.39 is 5.97 Å². The minimum atomic E-state index is -1.03. The maximum Gasteiger partial charge on any atom is 0.329 e. The third-order valence-electron chi connectivity index (χ3n) is 2.72. The molecule has 2 aromatic rings. The molecule has 2 rings (SSSR count). The predicted molar refractivity (Wildman–Crippen MR) is 84.5 cm³/mol. The summed E-state index contributed by atoms with van der Waals surface area (Å²) in [6.45, 7) is 0.0239. The number of carboxylic acid groups (broad SMARTS) is 1. The summed E-state index contributed by atoms with van der Waals surface area (Å²) in [5.41, 5.74) is 1.37. The second-order valence-electron chi connectivity index (χ2n) is 4.22. The summed E-state index contributed by atoms with van der Waals surface area (Å²) in [5, 5.41) is 11.9. The lowest BCUT2D eigenvalue weighted by Crippen LogP contribution is -2.27. The van der Waals surface area contributed by atoms with Gasteiger partial charge in [-0.2, -0.15) is 0 Å². The number of amides is 1. The standard InChI is InChI=1S/C13H12Br2N2O4/c14-9-3-7-8(5-17-11(7)4-10(9)15)13(20)16-1-2-21-6-12(18)19/h3-5,17H,1-2,6H2,(H,16,20)(H,18,19). The first-order chi connectivity index (χ1) is 9.99. The second kappa shape index (κ2) is 7.06. The summed E-state index contributed by atoms with van der Waals surface area (Å²) in [7, 11) is 0. The van der Waals surface area contributed by atoms with Crippen molar-refractivity contribution in [3.8, 4) is 0 Å². The van der Waals surface area contributed by atoms with Crippen LogP contribution < -0.4 is 5.32 Å². The molecule has 21 heavy (non-hydrogen) atoms. The van der Waals surface area contributed by atoms with Gasteiger partial charge in [-0.1, -0.05) is 0 Å². The lowest BCUT2D eigenvalue weighted by Gasteiger charge is -2.05. The Bertz CT molecular complexity index is 684. The Kier molecular flexibility index (Phi) is 5.38. The summed E-state index contributed by atoms with van der Waals surface area (Å²) in [6, 6.07) is 3.73. The Morgan fingerprint density at radius 2 is 2.00 bits per heavy atom. The first kappa shape index (κ1) is 16.0. The molecule has 0 bridgehead atoms. The van der Waals surface area contributed by atoms with E-state index in [4.69, 9.17) is 9.84 Å². The number of carboxylic acids is 1. The van der Waals surface area contributed by atoms with E-state index in [9.17, 15) is 9.59 Å². The normalized spacial score (nSPS) is 10.8. The number of rotatable bonds is 6. The van der Waals surface area contributed by atoms with Crippen molar-refractivity contribution in [1.82, 2.24) is 10.3 Å². The van der Waals surface area contributed by atoms with Crippen molar-refractivity contribution in [2.24, 2.45) is 0 Å². The molecule has 0 unspecified atom stereocenters. The number of hydrogen-bond donors (Lipinski definition) is 3. The van der Waals surface area contributed by atoms with E-state index >= 15 is 0 Å². The minimum Gasteiger partial charge on any atom is -0.480 e. The molecular weight excluding hydrogens is 408 g/mol. The molecule has 0 saturated heterocycles. The maximum atomic E-state index is 12.1. The quantitative estimate of drug-likeness (QED) is 0.627. The molecule has 0 radical (unpaired) electrons. The highest BCUT2D eigenvalue weighted by atomic mass is 79.9. The fourth-order valence-electron chi connectivity index (χ4n) is 1.80. The van der Waals surface area contributed by atoms with Gasteiger partial charge >= 0.3 is 5.97 Å². The molecule has 0 aliphatic heterocycles. The van der Waals surface area contributed by atoms with Crippen molar-refractivity contribution in [3.05, 3.63) is 32.8 Å². The molecule has 0 fully saturated rings. The van der Waals surface area contributed by atoms with Crippen LogP contribution in [0.1, 0.15) is 10.4 Å². The zero-order chi connectivity index (χ0) is 15.4. The van der Waals surface area contributed by atoms with Crippen LogP contribution >= 0.6 is 31.9 Å². The summed E-state index contributed by atoms with van der Waals surface area (Å²) < 4.78 is 6.60. The zero-order valence-electron chi connectivity index (χ0n) is 10.8. The number of aromatic nitrogens is 1. The van der Waals surface area contributed by atoms with Gasteiger partial charge < -0.3 is 20.1 Å². The third-order valence-corrected chi connectivity index (χ3v) is 4.57. The molecule has 1 aromatic heterocycles. The first-order valence-electron chi connectivity index (χ1n) is 6.03. The molecule has 0 saturated carbocycles. The highest BCUT2D eigenvalue weighted by Crippen LogP contribution is 2.29. The van der Waals surface area contributed by atoms with E-state index in [0.717, 1.165) is 19.8 Å². The molecule has 0 aliphatic carbocycles. The zero-order valence-corrected chi connectivity index (χ0v) is 14.0. The highest BCUT2D eigenvalue weighted by Gasteiger charge is 2.13. The van der Waals surface area contributed by atoms with Crippen molar-refractivity contribution < 1.29 is 19.4 Å². The van der Waals surface area contributed by atoms with Crippen LogP contribution in [0.15, 0.2) is 27.3 Å². The van der Waals surface area contributed by atoms with Crippen LogP contribution in [0, 0.1) is 0 Å². The molecule has 112 valence electrons. The summed E-state index contributed by atoms with van der Waals surface area (Å²) >= 11 is 6.80. The van der Waals surface area contributed by atoms with Gasteiger partial charge in [0.1, 0.15) is 6.61 Å². The van der Waals surface area contributed by atoms with E-state index in [2.05, 4.69) is 42.2 Å². The number of aliphatic carboxylic acids is 1. The van der Waals surface area contributed by atoms with Crippen LogP contribution in [-0.2, 0) is 9.53 Å². The number of nitrogens with one attached hydrogen (secondary N) is 2. The molecular formula is C13H12Br2N2O4. The van der Waals surface area contributed by atoms with Crippen LogP contribution in [0.5, 0.6) is 0 Å². The number of aromatic amines is 1. The first-order valence-corrected chi connectivity index (χ1v) is 7.61. The largest absolute Gasteiger partial charge is 0.480 e. The predicted octanol–water partition coefficient (Wildman–Crippen LogP) is 2.52. The third kappa shape index (κ3) is 4.05. The van der Waals surface area contributed by atoms with Crippen LogP contribution in [-0.4, -0.2) is 41.7 Å². The van der Waals surface area contributed by atoms with Gasteiger partial charge in [-0.15, -0.1) is 0 Å². The molecule has 8 heteroatoms. The van der Waals surface area contributed by atoms with Crippen molar-refractivity contribution in [1.29, 1.82) is 0 Å². The summed E-state index contributed by atoms with van der Waals surface area (Å²) in [4.78, 5) is 25.4. The molecule has 0 atom stereocenters. The lowest BCUT2D eigenvalue weighted by atomic mass is 10.1. The van der Waals surface area contributed by atoms with Gasteiger partial charge in [-0.25, -0.2) is 4.79 Å². The van der Waals surface area contributed by atoms with Gasteiger partial charge in [-0.05, 0) is 44.0 Å². The Morgan fingerprint density at radius 3 is 2.71 bits per heavy atom. The maximum absolute atomic E-state index is 12.1. The number of hydrogen-bond acceptors (Lipinski definition) is 3. The average Bonchev–Trinajstić information content (AvgIpc) is 2.81. The van der Waals surface area contributed by atoms with Gasteiger partial charge in [0.25, 0.3) is 5.91 Å². The second-order valence-corrected chi connectivity index (χ2v) is 5.93. The topological polar surface area (TPSA) is 91.4 Å². The molecule has 1 heterocycles. The molecule has 1 aromatic carbocycles. The van der Waals surface area contributed by atoms with Crippen molar-refractivity contribution in [3.63, 3.8) is 0 Å². The van der Waals surface area contributed by atoms with Gasteiger partial charge in [0, 0.05) is 32.6 Å². The van der Waals surface area contributed by atoms with E-state index in [1.807, 2.05) is 12.1 Å². The summed E-state index contributed by atoms with van der Waals surface area (Å²) in [6.07, 6.45) is 1.64. The minimum absolute atomic E-state index is 0.148. The smallest absolute Gasteiger partial charge is 0.329 e. The van der Waals surface area contributed by atoms with Crippen molar-refractivity contribution in [2.75, 3.05) is 19.8 Å². The van der Waals surface area contributed by atoms with Crippen LogP contribution in [0.25, 0.3) is 10.9 Å². The number of halogens is 2. The number of ether oxygens (including phenoxy) is 1. The van der Waals surface area contributed by atoms with Crippen LogP contribution in [0.2, 0.25) is 0 Å². The van der Waals surface area contributed by atoms with Crippen LogP contribution in [0.3, 0.4) is 0 Å². The molecule has 0 aliphatic rings. The number of carbonyl (C=O) groups excluding carboxylic acids is 1. The van der Waals surface area contributed by atoms with E-state index in [0.29, 0.717) is 5.56 Å². The number of benzene rings is 1. The summed E-state index contributed by atoms with van der Waals surface area (Å²) in [5.74, 6) is -1.28. The van der Waals surface area contributed by atoms with Gasteiger partial charge in [0.15, 0.2) is 0 Å². The Morgan fingerprint density at radius 1 is 1.29 bits per heavy atom. The molecule has 0 spiro atoms. The molecule has 6 nitrogen and oxygen atoms in total.